The fourth-order valence-corrected chi connectivity index (χ4v) is 0.290. The van der Waals surface area contributed by atoms with Gasteiger partial charge in [-0.15, -0.1) is 0 Å². The number of aldehydes is 1. The summed E-state index contributed by atoms with van der Waals surface area (Å²) >= 11 is 0. The first-order valence-electron chi connectivity index (χ1n) is 2.50. The second-order valence-electron chi connectivity index (χ2n) is 1.57. The number of hydrogen-bond donors (Lipinski definition) is 1. The van der Waals surface area contributed by atoms with Crippen molar-refractivity contribution >= 4 is 6.29 Å². The fourth-order valence-electron chi connectivity index (χ4n) is 0.290. The molecule has 0 saturated heterocycles. The molecule has 0 rings (SSSR count). The molecule has 0 aliphatic heterocycles. The molecule has 1 unspecified atom stereocenters. The smallest absolute Gasteiger partial charge is 0.121 e. The van der Waals surface area contributed by atoms with Crippen LogP contribution in [0.5, 0.6) is 0 Å². The van der Waals surface area contributed by atoms with Crippen molar-refractivity contribution in [3.63, 3.8) is 0 Å². The van der Waals surface area contributed by atoms with Crippen molar-refractivity contribution < 1.29 is 4.79 Å². The Balaban J connectivity index is 2.98. The standard InChI is InChI=1S/C5H11NO/c1-2-5(6)3-4-7/h4-5H,2-3,6H2,1H3. The van der Waals surface area contributed by atoms with E-state index in [1.54, 1.807) is 0 Å². The van der Waals surface area contributed by atoms with Crippen LogP contribution in [0.25, 0.3) is 0 Å². The van der Waals surface area contributed by atoms with E-state index in [4.69, 9.17) is 5.73 Å². The normalized spacial score (nSPS) is 13.4. The molecule has 0 heterocycles. The van der Waals surface area contributed by atoms with Crippen molar-refractivity contribution in [3.8, 4) is 0 Å². The van der Waals surface area contributed by atoms with Crippen LogP contribution in [-0.2, 0) is 4.79 Å². The highest BCUT2D eigenvalue weighted by molar-refractivity contribution is 5.50. The third-order valence-electron chi connectivity index (χ3n) is 0.923. The molecule has 0 aliphatic carbocycles. The molecule has 0 spiro atoms. The predicted molar refractivity (Wildman–Crippen MR) is 28.9 cm³/mol. The van der Waals surface area contributed by atoms with Gasteiger partial charge >= 0.3 is 0 Å². The number of carbonyl (C=O) groups excluding carboxylic acids is 1. The SMILES string of the molecule is CCC(N)CC=O. The molecular weight excluding hydrogens is 90.1 g/mol. The van der Waals surface area contributed by atoms with E-state index >= 15 is 0 Å². The third-order valence-corrected chi connectivity index (χ3v) is 0.923. The van der Waals surface area contributed by atoms with Gasteiger partial charge in [0.1, 0.15) is 6.29 Å². The van der Waals surface area contributed by atoms with Gasteiger partial charge in [-0.05, 0) is 6.42 Å². The molecule has 2 N–H and O–H groups in total. The van der Waals surface area contributed by atoms with Crippen LogP contribution in [0.3, 0.4) is 0 Å². The summed E-state index contributed by atoms with van der Waals surface area (Å²) in [5.74, 6) is 0. The van der Waals surface area contributed by atoms with Gasteiger partial charge in [-0.3, -0.25) is 0 Å². The average molecular weight is 101 g/mol. The van der Waals surface area contributed by atoms with Crippen LogP contribution in [0.2, 0.25) is 0 Å². The van der Waals surface area contributed by atoms with Gasteiger partial charge in [0.25, 0.3) is 0 Å². The Labute approximate surface area is 43.7 Å². The minimum absolute atomic E-state index is 0.0810. The molecule has 0 aromatic carbocycles. The first-order chi connectivity index (χ1) is 3.31. The van der Waals surface area contributed by atoms with Crippen LogP contribution < -0.4 is 5.73 Å². The Bertz CT molecular complexity index is 54.0. The maximum atomic E-state index is 9.69. The first kappa shape index (κ1) is 6.63. The van der Waals surface area contributed by atoms with Gasteiger partial charge in [0.15, 0.2) is 0 Å². The molecule has 1 atom stereocenters. The maximum absolute atomic E-state index is 9.69. The van der Waals surface area contributed by atoms with Gasteiger partial charge in [-0.1, -0.05) is 6.92 Å². The summed E-state index contributed by atoms with van der Waals surface area (Å²) in [4.78, 5) is 9.69. The summed E-state index contributed by atoms with van der Waals surface area (Å²) in [5, 5.41) is 0. The predicted octanol–water partition coefficient (Wildman–Crippen LogP) is 0.313. The summed E-state index contributed by atoms with van der Waals surface area (Å²) in [6.45, 7) is 1.97. The molecular formula is C5H11NO. The van der Waals surface area contributed by atoms with E-state index in [1.807, 2.05) is 6.92 Å². The molecule has 0 fully saturated rings. The van der Waals surface area contributed by atoms with E-state index in [0.29, 0.717) is 6.42 Å². The van der Waals surface area contributed by atoms with E-state index in [0.717, 1.165) is 12.7 Å². The van der Waals surface area contributed by atoms with E-state index in [9.17, 15) is 4.79 Å². The number of rotatable bonds is 3. The van der Waals surface area contributed by atoms with Gasteiger partial charge in [0, 0.05) is 12.5 Å². The Morgan fingerprint density at radius 2 is 2.43 bits per heavy atom. The molecule has 2 nitrogen and oxygen atoms in total. The van der Waals surface area contributed by atoms with Gasteiger partial charge in [-0.25, -0.2) is 0 Å². The molecule has 0 bridgehead atoms. The minimum atomic E-state index is 0.0810. The lowest BCUT2D eigenvalue weighted by Crippen LogP contribution is -2.18. The molecule has 0 aliphatic rings. The molecule has 0 aromatic heterocycles. The number of nitrogens with two attached hydrogens (primary N) is 1. The van der Waals surface area contributed by atoms with Crippen LogP contribution in [0.4, 0.5) is 0 Å². The lowest BCUT2D eigenvalue weighted by molar-refractivity contribution is -0.108. The van der Waals surface area contributed by atoms with Crippen LogP contribution in [0.15, 0.2) is 0 Å². The lowest BCUT2D eigenvalue weighted by atomic mass is 10.2. The van der Waals surface area contributed by atoms with Crippen molar-refractivity contribution in [2.75, 3.05) is 0 Å². The van der Waals surface area contributed by atoms with Crippen LogP contribution in [0, 0.1) is 0 Å². The molecule has 2 heteroatoms. The molecule has 42 valence electrons. The Hall–Kier alpha value is -0.370. The molecule has 0 saturated carbocycles. The topological polar surface area (TPSA) is 43.1 Å². The minimum Gasteiger partial charge on any atom is -0.327 e. The van der Waals surface area contributed by atoms with Crippen molar-refractivity contribution in [3.05, 3.63) is 0 Å². The largest absolute Gasteiger partial charge is 0.327 e. The summed E-state index contributed by atoms with van der Waals surface area (Å²) < 4.78 is 0. The van der Waals surface area contributed by atoms with Gasteiger partial charge < -0.3 is 10.5 Å². The summed E-state index contributed by atoms with van der Waals surface area (Å²) in [7, 11) is 0. The van der Waals surface area contributed by atoms with E-state index in [-0.39, 0.29) is 6.04 Å². The summed E-state index contributed by atoms with van der Waals surface area (Å²) in [6.07, 6.45) is 2.24. The zero-order valence-corrected chi connectivity index (χ0v) is 4.55. The molecule has 0 radical (unpaired) electrons. The van der Waals surface area contributed by atoms with Gasteiger partial charge in [0.2, 0.25) is 0 Å². The monoisotopic (exact) mass is 101 g/mol. The van der Waals surface area contributed by atoms with E-state index in [1.165, 1.54) is 0 Å². The Morgan fingerprint density at radius 1 is 1.86 bits per heavy atom. The second kappa shape index (κ2) is 3.81. The number of carbonyl (C=O) groups is 1. The quantitative estimate of drug-likeness (QED) is 0.520. The van der Waals surface area contributed by atoms with Gasteiger partial charge in [0.05, 0.1) is 0 Å². The highest BCUT2D eigenvalue weighted by Gasteiger charge is 1.93. The Kier molecular flexibility index (Phi) is 3.61. The molecule has 0 aromatic rings. The summed E-state index contributed by atoms with van der Waals surface area (Å²) in [5.41, 5.74) is 5.35. The number of hydrogen-bond acceptors (Lipinski definition) is 2. The van der Waals surface area contributed by atoms with E-state index < -0.39 is 0 Å². The lowest BCUT2D eigenvalue weighted by Gasteiger charge is -1.98. The zero-order chi connectivity index (χ0) is 5.70. The van der Waals surface area contributed by atoms with Crippen molar-refractivity contribution in [2.24, 2.45) is 5.73 Å². The molecule has 7 heavy (non-hydrogen) atoms. The van der Waals surface area contributed by atoms with Crippen molar-refractivity contribution in [1.82, 2.24) is 0 Å². The highest BCUT2D eigenvalue weighted by Crippen LogP contribution is 1.87. The first-order valence-corrected chi connectivity index (χ1v) is 2.50. The van der Waals surface area contributed by atoms with Gasteiger partial charge in [-0.2, -0.15) is 0 Å². The van der Waals surface area contributed by atoms with Crippen molar-refractivity contribution in [1.29, 1.82) is 0 Å². The average Bonchev–Trinajstić information content (AvgIpc) is 1.68. The fraction of sp³-hybridized carbons (Fsp3) is 0.800. The van der Waals surface area contributed by atoms with Crippen molar-refractivity contribution in [2.45, 2.75) is 25.8 Å². The third kappa shape index (κ3) is 3.46. The second-order valence-corrected chi connectivity index (χ2v) is 1.57. The van der Waals surface area contributed by atoms with Crippen LogP contribution in [0.1, 0.15) is 19.8 Å². The highest BCUT2D eigenvalue weighted by atomic mass is 16.1. The zero-order valence-electron chi connectivity index (χ0n) is 4.55. The van der Waals surface area contributed by atoms with Crippen LogP contribution >= 0.6 is 0 Å². The van der Waals surface area contributed by atoms with Crippen LogP contribution in [-0.4, -0.2) is 12.3 Å². The summed E-state index contributed by atoms with van der Waals surface area (Å²) in [6, 6.07) is 0.0810. The Morgan fingerprint density at radius 3 is 2.57 bits per heavy atom. The molecule has 0 amide bonds. The maximum Gasteiger partial charge on any atom is 0.121 e. The van der Waals surface area contributed by atoms with E-state index in [2.05, 4.69) is 0 Å².